The zero-order valence-electron chi connectivity index (χ0n) is 10.9. The second kappa shape index (κ2) is 6.70. The molecule has 1 atom stereocenters. The second-order valence-corrected chi connectivity index (χ2v) is 5.40. The molecule has 0 fully saturated rings. The highest BCUT2D eigenvalue weighted by molar-refractivity contribution is 7.98. The summed E-state index contributed by atoms with van der Waals surface area (Å²) in [6, 6.07) is 6.49. The lowest BCUT2D eigenvalue weighted by molar-refractivity contribution is -0.143. The van der Waals surface area contributed by atoms with Gasteiger partial charge < -0.3 is 4.74 Å². The molecule has 0 aliphatic carbocycles. The molecule has 0 saturated carbocycles. The number of rotatable bonds is 5. The maximum atomic E-state index is 11.2. The quantitative estimate of drug-likeness (QED) is 0.752. The molecular formula is C14H20O2S. The lowest BCUT2D eigenvalue weighted by Gasteiger charge is -2.10. The van der Waals surface area contributed by atoms with Crippen molar-refractivity contribution in [3.8, 4) is 0 Å². The van der Waals surface area contributed by atoms with E-state index in [-0.39, 0.29) is 11.9 Å². The van der Waals surface area contributed by atoms with E-state index in [1.165, 1.54) is 23.8 Å². The number of ether oxygens (including phenoxy) is 1. The summed E-state index contributed by atoms with van der Waals surface area (Å²) in [5.74, 6) is 1.60. The van der Waals surface area contributed by atoms with E-state index in [1.54, 1.807) is 11.8 Å². The van der Waals surface area contributed by atoms with Crippen molar-refractivity contribution >= 4 is 17.7 Å². The van der Waals surface area contributed by atoms with Crippen LogP contribution in [0.3, 0.4) is 0 Å². The Balaban J connectivity index is 2.45. The molecule has 0 N–H and O–H groups in total. The topological polar surface area (TPSA) is 26.3 Å². The maximum Gasteiger partial charge on any atom is 0.309 e. The Kier molecular flexibility index (Phi) is 5.56. The van der Waals surface area contributed by atoms with E-state index in [2.05, 4.69) is 32.0 Å². The molecule has 0 bridgehead atoms. The molecule has 0 saturated heterocycles. The molecule has 94 valence electrons. The van der Waals surface area contributed by atoms with Gasteiger partial charge >= 0.3 is 5.97 Å². The number of esters is 1. The molecule has 1 aromatic carbocycles. The highest BCUT2D eigenvalue weighted by Gasteiger charge is 2.12. The van der Waals surface area contributed by atoms with Gasteiger partial charge in [0.2, 0.25) is 0 Å². The molecule has 1 rings (SSSR count). The number of thioether (sulfide) groups is 1. The van der Waals surface area contributed by atoms with Gasteiger partial charge in [-0.25, -0.2) is 0 Å². The smallest absolute Gasteiger partial charge is 0.309 e. The fourth-order valence-corrected chi connectivity index (χ4v) is 2.71. The second-order valence-electron chi connectivity index (χ2n) is 4.37. The zero-order chi connectivity index (χ0) is 12.8. The third-order valence-corrected chi connectivity index (χ3v) is 3.98. The number of benzene rings is 1. The summed E-state index contributed by atoms with van der Waals surface area (Å²) >= 11 is 1.78. The lowest BCUT2D eigenvalue weighted by Crippen LogP contribution is -2.14. The first-order valence-corrected chi connectivity index (χ1v) is 6.91. The van der Waals surface area contributed by atoms with E-state index in [0.717, 1.165) is 11.5 Å². The Labute approximate surface area is 108 Å². The van der Waals surface area contributed by atoms with Crippen LogP contribution < -0.4 is 0 Å². The van der Waals surface area contributed by atoms with Crippen molar-refractivity contribution in [1.29, 1.82) is 0 Å². The maximum absolute atomic E-state index is 11.2. The number of hydrogen-bond donors (Lipinski definition) is 0. The zero-order valence-corrected chi connectivity index (χ0v) is 11.8. The molecule has 2 nitrogen and oxygen atoms in total. The summed E-state index contributed by atoms with van der Waals surface area (Å²) in [4.78, 5) is 11.2. The van der Waals surface area contributed by atoms with Crippen LogP contribution in [0.4, 0.5) is 0 Å². The Morgan fingerprint density at radius 3 is 2.76 bits per heavy atom. The summed E-state index contributed by atoms with van der Waals surface area (Å²) in [6.45, 7) is 6.13. The van der Waals surface area contributed by atoms with Gasteiger partial charge in [-0.05, 0) is 25.0 Å². The molecule has 1 aromatic rings. The molecule has 17 heavy (non-hydrogen) atoms. The van der Waals surface area contributed by atoms with E-state index < -0.39 is 0 Å². The number of carbonyl (C=O) groups excluding carboxylic acids is 1. The van der Waals surface area contributed by atoms with E-state index in [1.807, 2.05) is 6.92 Å². The fourth-order valence-electron chi connectivity index (χ4n) is 1.57. The first-order chi connectivity index (χ1) is 8.04. The third-order valence-electron chi connectivity index (χ3n) is 2.73. The number of hydrogen-bond acceptors (Lipinski definition) is 3. The van der Waals surface area contributed by atoms with Gasteiger partial charge in [0.25, 0.3) is 0 Å². The number of carbonyl (C=O) groups is 1. The van der Waals surface area contributed by atoms with Crippen LogP contribution in [0, 0.1) is 19.8 Å². The molecular weight excluding hydrogens is 232 g/mol. The summed E-state index contributed by atoms with van der Waals surface area (Å²) < 4.78 is 4.71. The Morgan fingerprint density at radius 1 is 1.41 bits per heavy atom. The van der Waals surface area contributed by atoms with Crippen LogP contribution in [0.1, 0.15) is 23.6 Å². The monoisotopic (exact) mass is 252 g/mol. The summed E-state index contributed by atoms with van der Waals surface area (Å²) in [6.07, 6.45) is 0. The molecule has 0 heterocycles. The standard InChI is InChI=1S/C14H20O2S/c1-10-5-6-11(2)13(7-10)9-17-8-12(3)14(15)16-4/h5-7,12H,8-9H2,1-4H3. The van der Waals surface area contributed by atoms with Gasteiger partial charge in [-0.1, -0.05) is 30.7 Å². The molecule has 0 aromatic heterocycles. The summed E-state index contributed by atoms with van der Waals surface area (Å²) in [5.41, 5.74) is 3.95. The minimum absolute atomic E-state index is 0.0323. The SMILES string of the molecule is COC(=O)C(C)CSCc1cc(C)ccc1C. The van der Waals surface area contributed by atoms with Crippen molar-refractivity contribution < 1.29 is 9.53 Å². The predicted molar refractivity (Wildman–Crippen MR) is 73.3 cm³/mol. The summed E-state index contributed by atoms with van der Waals surface area (Å²) in [5, 5.41) is 0. The van der Waals surface area contributed by atoms with Crippen LogP contribution in [0.2, 0.25) is 0 Å². The Hall–Kier alpha value is -0.960. The van der Waals surface area contributed by atoms with Gasteiger partial charge in [-0.3, -0.25) is 4.79 Å². The first-order valence-electron chi connectivity index (χ1n) is 5.76. The minimum Gasteiger partial charge on any atom is -0.469 e. The van der Waals surface area contributed by atoms with Crippen molar-refractivity contribution in [3.05, 3.63) is 34.9 Å². The van der Waals surface area contributed by atoms with Crippen molar-refractivity contribution in [1.82, 2.24) is 0 Å². The average Bonchev–Trinajstić information content (AvgIpc) is 2.32. The van der Waals surface area contributed by atoms with E-state index in [4.69, 9.17) is 4.74 Å². The first kappa shape index (κ1) is 14.1. The highest BCUT2D eigenvalue weighted by Crippen LogP contribution is 2.20. The van der Waals surface area contributed by atoms with Crippen LogP contribution in [-0.2, 0) is 15.3 Å². The Morgan fingerprint density at radius 2 is 2.12 bits per heavy atom. The van der Waals surface area contributed by atoms with Gasteiger partial charge in [0.05, 0.1) is 13.0 Å². The number of methoxy groups -OCH3 is 1. The van der Waals surface area contributed by atoms with Gasteiger partial charge in [0.15, 0.2) is 0 Å². The van der Waals surface area contributed by atoms with Crippen molar-refractivity contribution in [2.75, 3.05) is 12.9 Å². The molecule has 0 amide bonds. The lowest BCUT2D eigenvalue weighted by atomic mass is 10.1. The van der Waals surface area contributed by atoms with E-state index in [0.29, 0.717) is 0 Å². The van der Waals surface area contributed by atoms with Crippen LogP contribution in [-0.4, -0.2) is 18.8 Å². The largest absolute Gasteiger partial charge is 0.469 e. The van der Waals surface area contributed by atoms with Crippen molar-refractivity contribution in [3.63, 3.8) is 0 Å². The molecule has 3 heteroatoms. The predicted octanol–water partition coefficient (Wildman–Crippen LogP) is 3.35. The summed E-state index contributed by atoms with van der Waals surface area (Å²) in [7, 11) is 1.44. The van der Waals surface area contributed by atoms with Gasteiger partial charge in [-0.2, -0.15) is 11.8 Å². The van der Waals surface area contributed by atoms with Gasteiger partial charge in [0.1, 0.15) is 0 Å². The molecule has 0 spiro atoms. The molecule has 0 aliphatic rings. The van der Waals surface area contributed by atoms with Crippen LogP contribution >= 0.6 is 11.8 Å². The van der Waals surface area contributed by atoms with Crippen LogP contribution in [0.5, 0.6) is 0 Å². The molecule has 0 aliphatic heterocycles. The molecule has 1 unspecified atom stereocenters. The third kappa shape index (κ3) is 4.43. The van der Waals surface area contributed by atoms with Gasteiger partial charge in [0, 0.05) is 11.5 Å². The normalized spacial score (nSPS) is 12.2. The molecule has 0 radical (unpaired) electrons. The van der Waals surface area contributed by atoms with Crippen molar-refractivity contribution in [2.45, 2.75) is 26.5 Å². The Bertz CT molecular complexity index is 388. The highest BCUT2D eigenvalue weighted by atomic mass is 32.2. The fraction of sp³-hybridized carbons (Fsp3) is 0.500. The van der Waals surface area contributed by atoms with Gasteiger partial charge in [-0.15, -0.1) is 0 Å². The number of aryl methyl sites for hydroxylation is 2. The van der Waals surface area contributed by atoms with Crippen LogP contribution in [0.15, 0.2) is 18.2 Å². The van der Waals surface area contributed by atoms with Crippen LogP contribution in [0.25, 0.3) is 0 Å². The minimum atomic E-state index is -0.126. The van der Waals surface area contributed by atoms with E-state index in [9.17, 15) is 4.79 Å². The average molecular weight is 252 g/mol. The van der Waals surface area contributed by atoms with E-state index >= 15 is 0 Å². The van der Waals surface area contributed by atoms with Crippen molar-refractivity contribution in [2.24, 2.45) is 5.92 Å².